The number of hydrogen-bond donors (Lipinski definition) is 1. The largest absolute Gasteiger partial charge is 0.362 e. The Morgan fingerprint density at radius 2 is 2.24 bits per heavy atom. The van der Waals surface area contributed by atoms with Crippen molar-refractivity contribution in [3.05, 3.63) is 40.7 Å². The average molecular weight is 304 g/mol. The summed E-state index contributed by atoms with van der Waals surface area (Å²) in [6.07, 6.45) is 3.75. The maximum absolute atomic E-state index is 12.5. The highest BCUT2D eigenvalue weighted by Gasteiger charge is 2.49. The van der Waals surface area contributed by atoms with Crippen molar-refractivity contribution in [2.24, 2.45) is 0 Å². The molecule has 6 heteroatoms. The molecule has 2 aliphatic rings. The Hall–Kier alpha value is -1.85. The molecule has 21 heavy (non-hydrogen) atoms. The number of hydrogen-bond acceptors (Lipinski definition) is 3. The van der Waals surface area contributed by atoms with E-state index in [0.29, 0.717) is 17.4 Å². The van der Waals surface area contributed by atoms with Crippen LogP contribution in [-0.4, -0.2) is 22.8 Å². The van der Waals surface area contributed by atoms with Gasteiger partial charge in [0.25, 0.3) is 5.91 Å². The average Bonchev–Trinajstić information content (AvgIpc) is 3.11. The first-order valence-electron chi connectivity index (χ1n) is 6.82. The van der Waals surface area contributed by atoms with Crippen LogP contribution >= 0.6 is 11.6 Å². The van der Waals surface area contributed by atoms with Gasteiger partial charge in [0.05, 0.1) is 5.54 Å². The van der Waals surface area contributed by atoms with E-state index in [-0.39, 0.29) is 11.4 Å². The van der Waals surface area contributed by atoms with Crippen LogP contribution in [0.2, 0.25) is 5.02 Å². The molecule has 1 fully saturated rings. The Morgan fingerprint density at radius 3 is 2.95 bits per heavy atom. The lowest BCUT2D eigenvalue weighted by Crippen LogP contribution is -2.34. The molecular formula is C15H14ClN3O2. The van der Waals surface area contributed by atoms with Crippen LogP contribution < -0.4 is 5.32 Å². The van der Waals surface area contributed by atoms with E-state index in [1.807, 2.05) is 24.4 Å². The molecule has 1 saturated carbocycles. The van der Waals surface area contributed by atoms with Gasteiger partial charge in [-0.3, -0.25) is 4.79 Å². The number of benzene rings is 1. The highest BCUT2D eigenvalue weighted by Crippen LogP contribution is 2.51. The maximum atomic E-state index is 12.5. The van der Waals surface area contributed by atoms with E-state index in [4.69, 9.17) is 16.3 Å². The second-order valence-corrected chi connectivity index (χ2v) is 6.01. The molecule has 1 aromatic heterocycles. The molecule has 5 nitrogen and oxygen atoms in total. The number of aromatic nitrogens is 2. The lowest BCUT2D eigenvalue weighted by Gasteiger charge is -2.17. The minimum atomic E-state index is -0.239. The van der Waals surface area contributed by atoms with Crippen LogP contribution in [0, 0.1) is 0 Å². The topological polar surface area (TPSA) is 56.2 Å². The summed E-state index contributed by atoms with van der Waals surface area (Å²) >= 11 is 6.16. The molecule has 1 amide bonds. The van der Waals surface area contributed by atoms with Crippen LogP contribution in [0.1, 0.15) is 28.9 Å². The predicted molar refractivity (Wildman–Crippen MR) is 78.1 cm³/mol. The van der Waals surface area contributed by atoms with Gasteiger partial charge in [-0.05, 0) is 36.1 Å². The number of ether oxygens (including phenoxy) is 1. The molecule has 1 aliphatic carbocycles. The fraction of sp³-hybridized carbons (Fsp3) is 0.333. The summed E-state index contributed by atoms with van der Waals surface area (Å²) in [5.74, 6) is -0.135. The van der Waals surface area contributed by atoms with Crippen molar-refractivity contribution in [1.82, 2.24) is 15.1 Å². The molecule has 4 rings (SSSR count). The zero-order valence-corrected chi connectivity index (χ0v) is 12.3. The molecule has 1 aliphatic heterocycles. The Kier molecular flexibility index (Phi) is 2.65. The zero-order chi connectivity index (χ0) is 14.6. The molecule has 108 valence electrons. The van der Waals surface area contributed by atoms with Gasteiger partial charge in [0.2, 0.25) is 0 Å². The van der Waals surface area contributed by atoms with Crippen molar-refractivity contribution in [3.63, 3.8) is 0 Å². The molecule has 1 spiro atoms. The van der Waals surface area contributed by atoms with Gasteiger partial charge in [-0.2, -0.15) is 5.10 Å². The summed E-state index contributed by atoms with van der Waals surface area (Å²) in [6.45, 7) is 0.307. The first-order valence-corrected chi connectivity index (χ1v) is 7.20. The smallest absolute Gasteiger partial charge is 0.273 e. The predicted octanol–water partition coefficient (Wildman–Crippen LogP) is 2.54. The molecule has 2 aromatic rings. The van der Waals surface area contributed by atoms with Crippen molar-refractivity contribution >= 4 is 17.5 Å². The third kappa shape index (κ3) is 1.88. The molecule has 0 bridgehead atoms. The first-order chi connectivity index (χ1) is 10.1. The number of methoxy groups -OCH3 is 1. The quantitative estimate of drug-likeness (QED) is 0.927. The van der Waals surface area contributed by atoms with E-state index in [2.05, 4.69) is 10.4 Å². The number of amides is 1. The van der Waals surface area contributed by atoms with Crippen molar-refractivity contribution in [2.75, 3.05) is 7.11 Å². The maximum Gasteiger partial charge on any atom is 0.273 e. The van der Waals surface area contributed by atoms with Crippen molar-refractivity contribution in [1.29, 1.82) is 0 Å². The molecule has 0 atom stereocenters. The third-order valence-corrected chi connectivity index (χ3v) is 4.36. The van der Waals surface area contributed by atoms with E-state index < -0.39 is 0 Å². The Bertz CT molecular complexity index is 749. The SMILES string of the molecule is COCn1cc2c(n1)C(=O)NC1(CC1)c1ccc(Cl)cc1-2. The fourth-order valence-electron chi connectivity index (χ4n) is 3.00. The normalized spacial score (nSPS) is 17.9. The summed E-state index contributed by atoms with van der Waals surface area (Å²) in [6, 6.07) is 5.79. The lowest BCUT2D eigenvalue weighted by atomic mass is 9.95. The minimum Gasteiger partial charge on any atom is -0.362 e. The summed E-state index contributed by atoms with van der Waals surface area (Å²) in [5.41, 5.74) is 3.10. The van der Waals surface area contributed by atoms with Gasteiger partial charge in [0, 0.05) is 23.9 Å². The van der Waals surface area contributed by atoms with Gasteiger partial charge < -0.3 is 10.1 Å². The van der Waals surface area contributed by atoms with E-state index in [1.165, 1.54) is 0 Å². The van der Waals surface area contributed by atoms with Crippen LogP contribution in [-0.2, 0) is 17.0 Å². The number of nitrogens with one attached hydrogen (secondary N) is 1. The van der Waals surface area contributed by atoms with Crippen molar-refractivity contribution in [2.45, 2.75) is 25.1 Å². The number of halogens is 1. The summed E-state index contributed by atoms with van der Waals surface area (Å²) in [7, 11) is 1.59. The number of carbonyl (C=O) groups is 1. The van der Waals surface area contributed by atoms with Crippen molar-refractivity contribution in [3.8, 4) is 11.1 Å². The van der Waals surface area contributed by atoms with Crippen LogP contribution in [0.15, 0.2) is 24.4 Å². The Balaban J connectivity index is 1.96. The van der Waals surface area contributed by atoms with Crippen molar-refractivity contribution < 1.29 is 9.53 Å². The van der Waals surface area contributed by atoms with Crippen LogP contribution in [0.3, 0.4) is 0 Å². The van der Waals surface area contributed by atoms with Gasteiger partial charge >= 0.3 is 0 Å². The van der Waals surface area contributed by atoms with E-state index in [1.54, 1.807) is 11.8 Å². The van der Waals surface area contributed by atoms with Gasteiger partial charge in [-0.15, -0.1) is 0 Å². The third-order valence-electron chi connectivity index (χ3n) is 4.13. The van der Waals surface area contributed by atoms with Crippen LogP contribution in [0.25, 0.3) is 11.1 Å². The van der Waals surface area contributed by atoms with E-state index in [0.717, 1.165) is 29.5 Å². The molecular weight excluding hydrogens is 290 g/mol. The summed E-state index contributed by atoms with van der Waals surface area (Å²) in [5, 5.41) is 8.11. The van der Waals surface area contributed by atoms with E-state index in [9.17, 15) is 4.79 Å². The number of nitrogens with zero attached hydrogens (tertiary/aromatic N) is 2. The Morgan fingerprint density at radius 1 is 1.43 bits per heavy atom. The lowest BCUT2D eigenvalue weighted by molar-refractivity contribution is 0.0920. The molecule has 0 saturated heterocycles. The second kappa shape index (κ2) is 4.32. The first kappa shape index (κ1) is 12.9. The van der Waals surface area contributed by atoms with Crippen LogP contribution in [0.4, 0.5) is 0 Å². The highest BCUT2D eigenvalue weighted by molar-refractivity contribution is 6.31. The van der Waals surface area contributed by atoms with Gasteiger partial charge in [-0.25, -0.2) is 4.68 Å². The number of rotatable bonds is 2. The molecule has 1 aromatic carbocycles. The Labute approximate surface area is 126 Å². The van der Waals surface area contributed by atoms with Crippen LogP contribution in [0.5, 0.6) is 0 Å². The molecule has 0 radical (unpaired) electrons. The van der Waals surface area contributed by atoms with E-state index >= 15 is 0 Å². The highest BCUT2D eigenvalue weighted by atomic mass is 35.5. The standard InChI is InChI=1S/C15H14ClN3O2/c1-21-8-19-7-11-10-6-9(16)2-3-12(10)15(4-5-15)17-14(20)13(11)18-19/h2-3,6-7H,4-5,8H2,1H3,(H,17,20). The van der Waals surface area contributed by atoms with Gasteiger partial charge in [-0.1, -0.05) is 17.7 Å². The minimum absolute atomic E-state index is 0.135. The summed E-state index contributed by atoms with van der Waals surface area (Å²) < 4.78 is 6.70. The monoisotopic (exact) mass is 303 g/mol. The zero-order valence-electron chi connectivity index (χ0n) is 11.5. The number of fused-ring (bicyclic) bond motifs is 4. The molecule has 2 heterocycles. The summed E-state index contributed by atoms with van der Waals surface area (Å²) in [4.78, 5) is 12.5. The molecule has 0 unspecified atom stereocenters. The second-order valence-electron chi connectivity index (χ2n) is 5.57. The fourth-order valence-corrected chi connectivity index (χ4v) is 3.18. The van der Waals surface area contributed by atoms with Gasteiger partial charge in [0.1, 0.15) is 6.73 Å². The number of carbonyl (C=O) groups excluding carboxylic acids is 1. The van der Waals surface area contributed by atoms with Gasteiger partial charge in [0.15, 0.2) is 5.69 Å². The molecule has 1 N–H and O–H groups in total.